The van der Waals surface area contributed by atoms with Crippen LogP contribution < -0.4 is 9.47 Å². The summed E-state index contributed by atoms with van der Waals surface area (Å²) in [6.07, 6.45) is 3.37. The molecule has 0 aliphatic heterocycles. The average molecular weight is 427 g/mol. The molecule has 3 rings (SSSR count). The third kappa shape index (κ3) is 5.44. The Bertz CT molecular complexity index is 954. The van der Waals surface area contributed by atoms with Crippen molar-refractivity contribution in [3.8, 4) is 22.6 Å². The maximum Gasteiger partial charge on any atom is 0.188 e. The van der Waals surface area contributed by atoms with Crippen LogP contribution in [0, 0.1) is 0 Å². The van der Waals surface area contributed by atoms with Crippen LogP contribution in [0.1, 0.15) is 29.5 Å². The molecule has 0 aliphatic rings. The molecule has 3 aromatic rings. The fraction of sp³-hybridized carbons (Fsp3) is 0.375. The SMILES string of the molecule is CCc1c(OCOC)cc(OCOC)c(-c2ccccc2)c1CCc1ocnc1CO. The van der Waals surface area contributed by atoms with Gasteiger partial charge in [0.05, 0.1) is 6.61 Å². The van der Waals surface area contributed by atoms with E-state index in [1.807, 2.05) is 24.3 Å². The predicted octanol–water partition coefficient (Wildman–Crippen LogP) is 4.15. The number of aromatic nitrogens is 1. The number of methoxy groups -OCH3 is 2. The standard InChI is InChI=1S/C24H29NO6/c1-4-18-19(10-11-21-20(13-26)25-14-29-21)24(17-8-6-5-7-9-17)23(31-16-28-3)12-22(18)30-15-27-2/h5-9,12,14,26H,4,10-11,13,15-16H2,1-3H3. The minimum absolute atomic E-state index is 0.116. The van der Waals surface area contributed by atoms with Gasteiger partial charge in [0.1, 0.15) is 23.0 Å². The minimum atomic E-state index is -0.156. The summed E-state index contributed by atoms with van der Waals surface area (Å²) in [5, 5.41) is 9.53. The van der Waals surface area contributed by atoms with Crippen LogP contribution in [0.2, 0.25) is 0 Å². The molecule has 7 heteroatoms. The van der Waals surface area contributed by atoms with Gasteiger partial charge >= 0.3 is 0 Å². The van der Waals surface area contributed by atoms with Gasteiger partial charge in [-0.05, 0) is 29.5 Å². The summed E-state index contributed by atoms with van der Waals surface area (Å²) < 4.78 is 27.7. The number of oxazole rings is 1. The third-order valence-electron chi connectivity index (χ3n) is 5.03. The van der Waals surface area contributed by atoms with E-state index >= 15 is 0 Å². The second-order valence-electron chi connectivity index (χ2n) is 6.91. The van der Waals surface area contributed by atoms with Crippen molar-refractivity contribution in [3.63, 3.8) is 0 Å². The number of nitrogens with zero attached hydrogens (tertiary/aromatic N) is 1. The Labute approximate surface area is 182 Å². The molecule has 0 fully saturated rings. The molecular formula is C24H29NO6. The molecule has 2 aromatic carbocycles. The van der Waals surface area contributed by atoms with E-state index in [1.165, 1.54) is 6.39 Å². The fourth-order valence-electron chi connectivity index (χ4n) is 3.66. The number of aryl methyl sites for hydroxylation is 1. The lowest BCUT2D eigenvalue weighted by Gasteiger charge is -2.22. The monoisotopic (exact) mass is 427 g/mol. The predicted molar refractivity (Wildman–Crippen MR) is 116 cm³/mol. The first-order valence-corrected chi connectivity index (χ1v) is 10.2. The molecule has 31 heavy (non-hydrogen) atoms. The molecule has 0 unspecified atom stereocenters. The lowest BCUT2D eigenvalue weighted by atomic mass is 9.89. The highest BCUT2D eigenvalue weighted by molar-refractivity contribution is 5.77. The van der Waals surface area contributed by atoms with E-state index in [1.54, 1.807) is 14.2 Å². The van der Waals surface area contributed by atoms with Gasteiger partial charge < -0.3 is 28.5 Å². The Morgan fingerprint density at radius 2 is 1.65 bits per heavy atom. The van der Waals surface area contributed by atoms with Crippen LogP contribution in [0.4, 0.5) is 0 Å². The average Bonchev–Trinajstić information content (AvgIpc) is 3.27. The molecule has 0 saturated heterocycles. The lowest BCUT2D eigenvalue weighted by Crippen LogP contribution is -2.09. The smallest absolute Gasteiger partial charge is 0.188 e. The Kier molecular flexibility index (Phi) is 8.46. The van der Waals surface area contributed by atoms with Crippen molar-refractivity contribution in [1.29, 1.82) is 0 Å². The molecule has 0 bridgehead atoms. The van der Waals surface area contributed by atoms with Crippen molar-refractivity contribution in [1.82, 2.24) is 4.98 Å². The lowest BCUT2D eigenvalue weighted by molar-refractivity contribution is 0.0457. The van der Waals surface area contributed by atoms with Gasteiger partial charge in [-0.15, -0.1) is 0 Å². The third-order valence-corrected chi connectivity index (χ3v) is 5.03. The summed E-state index contributed by atoms with van der Waals surface area (Å²) in [5.41, 5.74) is 4.75. The number of hydrogen-bond donors (Lipinski definition) is 1. The van der Waals surface area contributed by atoms with Gasteiger partial charge in [0, 0.05) is 32.3 Å². The first kappa shape index (κ1) is 22.8. The topological polar surface area (TPSA) is 83.2 Å². The number of aliphatic hydroxyl groups is 1. The van der Waals surface area contributed by atoms with E-state index in [4.69, 9.17) is 23.4 Å². The van der Waals surface area contributed by atoms with Gasteiger partial charge in [-0.3, -0.25) is 0 Å². The Balaban J connectivity index is 2.13. The number of aliphatic hydroxyl groups excluding tert-OH is 1. The Morgan fingerprint density at radius 3 is 2.29 bits per heavy atom. The molecular weight excluding hydrogens is 398 g/mol. The van der Waals surface area contributed by atoms with Crippen LogP contribution in [-0.2, 0) is 35.3 Å². The zero-order valence-corrected chi connectivity index (χ0v) is 18.2. The van der Waals surface area contributed by atoms with Crippen molar-refractivity contribution in [3.05, 3.63) is 65.4 Å². The first-order chi connectivity index (χ1) is 15.2. The molecule has 0 amide bonds. The molecule has 0 aliphatic carbocycles. The highest BCUT2D eigenvalue weighted by atomic mass is 16.7. The van der Waals surface area contributed by atoms with Gasteiger partial charge in [-0.1, -0.05) is 37.3 Å². The normalized spacial score (nSPS) is 11.0. The Hall–Kier alpha value is -2.87. The van der Waals surface area contributed by atoms with Gasteiger partial charge in [0.2, 0.25) is 0 Å². The summed E-state index contributed by atoms with van der Waals surface area (Å²) >= 11 is 0. The molecule has 0 spiro atoms. The van der Waals surface area contributed by atoms with Crippen LogP contribution in [0.25, 0.3) is 11.1 Å². The maximum atomic E-state index is 9.53. The van der Waals surface area contributed by atoms with Gasteiger partial charge in [0.15, 0.2) is 20.0 Å². The largest absolute Gasteiger partial charge is 0.467 e. The maximum absolute atomic E-state index is 9.53. The van der Waals surface area contributed by atoms with E-state index in [2.05, 4.69) is 24.0 Å². The number of rotatable bonds is 12. The molecule has 0 saturated carbocycles. The Morgan fingerprint density at radius 1 is 0.935 bits per heavy atom. The molecule has 1 heterocycles. The van der Waals surface area contributed by atoms with Crippen molar-refractivity contribution in [2.45, 2.75) is 32.8 Å². The summed E-state index contributed by atoms with van der Waals surface area (Å²) in [4.78, 5) is 4.09. The number of benzene rings is 2. The number of ether oxygens (including phenoxy) is 4. The van der Waals surface area contributed by atoms with Crippen LogP contribution in [0.5, 0.6) is 11.5 Å². The van der Waals surface area contributed by atoms with E-state index in [9.17, 15) is 5.11 Å². The van der Waals surface area contributed by atoms with E-state index < -0.39 is 0 Å². The van der Waals surface area contributed by atoms with Crippen LogP contribution in [0.15, 0.2) is 47.2 Å². The highest BCUT2D eigenvalue weighted by Crippen LogP contribution is 2.41. The van der Waals surface area contributed by atoms with Gasteiger partial charge in [-0.2, -0.15) is 0 Å². The zero-order valence-electron chi connectivity index (χ0n) is 18.2. The fourth-order valence-corrected chi connectivity index (χ4v) is 3.66. The van der Waals surface area contributed by atoms with Gasteiger partial charge in [0.25, 0.3) is 0 Å². The number of hydrogen-bond acceptors (Lipinski definition) is 7. The molecule has 166 valence electrons. The van der Waals surface area contributed by atoms with Crippen molar-refractivity contribution in [2.75, 3.05) is 27.8 Å². The van der Waals surface area contributed by atoms with Crippen LogP contribution >= 0.6 is 0 Å². The van der Waals surface area contributed by atoms with E-state index in [0.29, 0.717) is 35.8 Å². The minimum Gasteiger partial charge on any atom is -0.467 e. The van der Waals surface area contributed by atoms with Gasteiger partial charge in [-0.25, -0.2) is 4.98 Å². The zero-order chi connectivity index (χ0) is 22.1. The first-order valence-electron chi connectivity index (χ1n) is 10.2. The van der Waals surface area contributed by atoms with E-state index in [-0.39, 0.29) is 20.2 Å². The van der Waals surface area contributed by atoms with Crippen molar-refractivity contribution >= 4 is 0 Å². The van der Waals surface area contributed by atoms with Crippen molar-refractivity contribution < 1.29 is 28.5 Å². The van der Waals surface area contributed by atoms with Crippen LogP contribution in [0.3, 0.4) is 0 Å². The summed E-state index contributed by atoms with van der Waals surface area (Å²) in [6.45, 7) is 2.19. The van der Waals surface area contributed by atoms with E-state index in [0.717, 1.165) is 28.7 Å². The summed E-state index contributed by atoms with van der Waals surface area (Å²) in [6, 6.07) is 12.0. The highest BCUT2D eigenvalue weighted by Gasteiger charge is 2.21. The quantitative estimate of drug-likeness (QED) is 0.435. The molecule has 0 atom stereocenters. The molecule has 1 aromatic heterocycles. The summed E-state index contributed by atoms with van der Waals surface area (Å²) in [7, 11) is 3.18. The summed E-state index contributed by atoms with van der Waals surface area (Å²) in [5.74, 6) is 2.06. The molecule has 7 nitrogen and oxygen atoms in total. The molecule has 0 radical (unpaired) electrons. The molecule has 1 N–H and O–H groups in total. The van der Waals surface area contributed by atoms with Crippen molar-refractivity contribution in [2.24, 2.45) is 0 Å². The second-order valence-corrected chi connectivity index (χ2v) is 6.91. The second kappa shape index (κ2) is 11.5. The van der Waals surface area contributed by atoms with Crippen LogP contribution in [-0.4, -0.2) is 37.9 Å².